The molecule has 1 aliphatic carbocycles. The van der Waals surface area contributed by atoms with Crippen LogP contribution in [-0.2, 0) is 11.2 Å². The Balaban J connectivity index is 1.22. The second-order valence-electron chi connectivity index (χ2n) is 9.96. The number of rotatable bonds is 7. The van der Waals surface area contributed by atoms with Gasteiger partial charge < -0.3 is 19.2 Å². The number of aryl methyl sites for hydroxylation is 2. The van der Waals surface area contributed by atoms with Crippen molar-refractivity contribution in [3.63, 3.8) is 0 Å². The standard InChI is InChI=1S/C34H24ClNO7/c1-3-19-13-25-29(42-18(2)34(33(25)40)43-20-9-5-4-6-10-20)16-28(19)41-17-30(37)36-27-15-24-23(14-26(27)35)31(38)21-11-7-8-12-22(21)32(24)39/h4-16H,3,17H2,1-2H3,(H,36,37). The van der Waals surface area contributed by atoms with Crippen LogP contribution in [0.5, 0.6) is 17.2 Å². The van der Waals surface area contributed by atoms with Gasteiger partial charge in [-0.2, -0.15) is 0 Å². The molecular formula is C34H24ClNO7. The molecule has 43 heavy (non-hydrogen) atoms. The van der Waals surface area contributed by atoms with E-state index in [1.54, 1.807) is 67.6 Å². The molecule has 4 aromatic carbocycles. The van der Waals surface area contributed by atoms with Crippen molar-refractivity contribution in [1.82, 2.24) is 0 Å². The molecule has 5 aromatic rings. The van der Waals surface area contributed by atoms with Crippen molar-refractivity contribution < 1.29 is 28.3 Å². The minimum atomic E-state index is -0.539. The van der Waals surface area contributed by atoms with Crippen LogP contribution in [0.4, 0.5) is 5.69 Å². The van der Waals surface area contributed by atoms with Gasteiger partial charge in [0.05, 0.1) is 16.1 Å². The lowest BCUT2D eigenvalue weighted by Gasteiger charge is -2.19. The molecule has 0 spiro atoms. The normalized spacial score (nSPS) is 12.1. The van der Waals surface area contributed by atoms with Crippen molar-refractivity contribution in [2.75, 3.05) is 11.9 Å². The first-order valence-electron chi connectivity index (χ1n) is 13.5. The third-order valence-electron chi connectivity index (χ3n) is 7.19. The van der Waals surface area contributed by atoms with Crippen molar-refractivity contribution in [2.45, 2.75) is 20.3 Å². The maximum atomic E-state index is 13.3. The average molecular weight is 594 g/mol. The number of halogens is 1. The monoisotopic (exact) mass is 593 g/mol. The number of hydrogen-bond donors (Lipinski definition) is 1. The Kier molecular flexibility index (Phi) is 7.29. The lowest BCUT2D eigenvalue weighted by molar-refractivity contribution is -0.118. The maximum absolute atomic E-state index is 13.3. The van der Waals surface area contributed by atoms with Crippen molar-refractivity contribution in [1.29, 1.82) is 0 Å². The third-order valence-corrected chi connectivity index (χ3v) is 7.50. The van der Waals surface area contributed by atoms with E-state index >= 15 is 0 Å². The summed E-state index contributed by atoms with van der Waals surface area (Å²) in [5, 5.41) is 3.10. The second-order valence-corrected chi connectivity index (χ2v) is 10.4. The van der Waals surface area contributed by atoms with Crippen LogP contribution in [-0.4, -0.2) is 24.1 Å². The first-order valence-corrected chi connectivity index (χ1v) is 13.9. The van der Waals surface area contributed by atoms with Gasteiger partial charge in [0.25, 0.3) is 5.91 Å². The van der Waals surface area contributed by atoms with Gasteiger partial charge in [0.1, 0.15) is 22.8 Å². The van der Waals surface area contributed by atoms with E-state index < -0.39 is 5.91 Å². The van der Waals surface area contributed by atoms with Gasteiger partial charge in [-0.1, -0.05) is 61.0 Å². The highest BCUT2D eigenvalue weighted by atomic mass is 35.5. The quantitative estimate of drug-likeness (QED) is 0.214. The Labute approximate surface area is 250 Å². The molecule has 0 atom stereocenters. The van der Waals surface area contributed by atoms with Gasteiger partial charge >= 0.3 is 0 Å². The van der Waals surface area contributed by atoms with E-state index in [0.29, 0.717) is 45.8 Å². The Morgan fingerprint density at radius 1 is 0.860 bits per heavy atom. The van der Waals surface area contributed by atoms with Gasteiger partial charge in [0.2, 0.25) is 11.2 Å². The second kappa shape index (κ2) is 11.2. The molecule has 0 saturated heterocycles. The van der Waals surface area contributed by atoms with Crippen LogP contribution in [0, 0.1) is 6.92 Å². The fourth-order valence-corrected chi connectivity index (χ4v) is 5.25. The zero-order valence-electron chi connectivity index (χ0n) is 23.2. The number of para-hydroxylation sites is 1. The van der Waals surface area contributed by atoms with Crippen LogP contribution in [0.1, 0.15) is 50.1 Å². The fraction of sp³-hybridized carbons (Fsp3) is 0.118. The molecule has 0 unspecified atom stereocenters. The van der Waals surface area contributed by atoms with Crippen molar-refractivity contribution in [3.8, 4) is 17.2 Å². The molecule has 8 nitrogen and oxygen atoms in total. The zero-order valence-corrected chi connectivity index (χ0v) is 23.9. The van der Waals surface area contributed by atoms with Gasteiger partial charge in [-0.3, -0.25) is 19.2 Å². The van der Waals surface area contributed by atoms with Crippen LogP contribution >= 0.6 is 11.6 Å². The maximum Gasteiger partial charge on any atom is 0.262 e. The van der Waals surface area contributed by atoms with Crippen molar-refractivity contribution >= 4 is 45.7 Å². The topological polar surface area (TPSA) is 112 Å². The fourth-order valence-electron chi connectivity index (χ4n) is 5.04. The summed E-state index contributed by atoms with van der Waals surface area (Å²) in [6.07, 6.45) is 0.517. The van der Waals surface area contributed by atoms with Crippen LogP contribution in [0.25, 0.3) is 11.0 Å². The summed E-state index contributed by atoms with van der Waals surface area (Å²) in [5.74, 6) is 0.107. The molecule has 1 heterocycles. The molecule has 1 N–H and O–H groups in total. The molecule has 0 radical (unpaired) electrons. The zero-order chi connectivity index (χ0) is 30.2. The summed E-state index contributed by atoms with van der Waals surface area (Å²) >= 11 is 6.40. The van der Waals surface area contributed by atoms with E-state index in [1.165, 1.54) is 12.1 Å². The Morgan fingerprint density at radius 3 is 2.19 bits per heavy atom. The number of nitrogens with one attached hydrogen (secondary N) is 1. The third kappa shape index (κ3) is 5.17. The van der Waals surface area contributed by atoms with E-state index in [-0.39, 0.29) is 56.8 Å². The van der Waals surface area contributed by atoms with Crippen LogP contribution < -0.4 is 20.2 Å². The number of ether oxygens (including phenoxy) is 2. The summed E-state index contributed by atoms with van der Waals surface area (Å²) in [7, 11) is 0. The van der Waals surface area contributed by atoms with E-state index in [9.17, 15) is 19.2 Å². The molecule has 214 valence electrons. The van der Waals surface area contributed by atoms with E-state index in [4.69, 9.17) is 25.5 Å². The van der Waals surface area contributed by atoms with Crippen molar-refractivity contribution in [2.24, 2.45) is 0 Å². The predicted molar refractivity (Wildman–Crippen MR) is 162 cm³/mol. The summed E-state index contributed by atoms with van der Waals surface area (Å²) < 4.78 is 17.6. The van der Waals surface area contributed by atoms with Crippen LogP contribution in [0.3, 0.4) is 0 Å². The van der Waals surface area contributed by atoms with E-state index in [2.05, 4.69) is 5.32 Å². The van der Waals surface area contributed by atoms with Gasteiger partial charge in [-0.25, -0.2) is 0 Å². The molecule has 9 heteroatoms. The van der Waals surface area contributed by atoms with E-state index in [0.717, 1.165) is 0 Å². The Hall–Kier alpha value is -5.21. The number of fused-ring (bicyclic) bond motifs is 3. The summed E-state index contributed by atoms with van der Waals surface area (Å²) in [6, 6.07) is 21.6. The Morgan fingerprint density at radius 2 is 1.51 bits per heavy atom. The van der Waals surface area contributed by atoms with Crippen molar-refractivity contribution in [3.05, 3.63) is 128 Å². The number of carbonyl (C=O) groups excluding carboxylic acids is 3. The van der Waals surface area contributed by atoms with E-state index in [1.807, 2.05) is 13.0 Å². The lowest BCUT2D eigenvalue weighted by Crippen LogP contribution is -2.23. The summed E-state index contributed by atoms with van der Waals surface area (Å²) in [6.45, 7) is 3.15. The summed E-state index contributed by atoms with van der Waals surface area (Å²) in [4.78, 5) is 52.2. The lowest BCUT2D eigenvalue weighted by atomic mass is 9.84. The average Bonchev–Trinajstić information content (AvgIpc) is 3.01. The molecule has 0 saturated carbocycles. The number of anilines is 1. The number of benzene rings is 4. The number of amides is 1. The Bertz CT molecular complexity index is 2010. The minimum absolute atomic E-state index is 0.0967. The molecule has 1 aromatic heterocycles. The SMILES string of the molecule is CCc1cc2c(=O)c(Oc3ccccc3)c(C)oc2cc1OCC(=O)Nc1cc2c(cc1Cl)C(=O)c1ccccc1C2=O. The molecule has 6 rings (SSSR count). The molecular weight excluding hydrogens is 570 g/mol. The van der Waals surface area contributed by atoms with Gasteiger partial charge in [-0.15, -0.1) is 0 Å². The summed E-state index contributed by atoms with van der Waals surface area (Å²) in [5.41, 5.74) is 1.79. The number of carbonyl (C=O) groups is 3. The predicted octanol–water partition coefficient (Wildman–Crippen LogP) is 6.90. The van der Waals surface area contributed by atoms with Crippen LogP contribution in [0.2, 0.25) is 5.02 Å². The first-order chi connectivity index (χ1) is 20.7. The number of hydrogen-bond acceptors (Lipinski definition) is 7. The molecule has 0 aliphatic heterocycles. The van der Waals surface area contributed by atoms with Gasteiger partial charge in [-0.05, 0) is 49.2 Å². The minimum Gasteiger partial charge on any atom is -0.483 e. The highest BCUT2D eigenvalue weighted by molar-refractivity contribution is 6.36. The molecule has 0 fully saturated rings. The first kappa shape index (κ1) is 27.9. The highest BCUT2D eigenvalue weighted by Gasteiger charge is 2.30. The largest absolute Gasteiger partial charge is 0.483 e. The van der Waals surface area contributed by atoms with Gasteiger partial charge in [0.15, 0.2) is 18.2 Å². The van der Waals surface area contributed by atoms with Gasteiger partial charge in [0, 0.05) is 28.3 Å². The molecule has 1 amide bonds. The smallest absolute Gasteiger partial charge is 0.262 e. The highest BCUT2D eigenvalue weighted by Crippen LogP contribution is 2.34. The molecule has 1 aliphatic rings. The molecule has 0 bridgehead atoms. The number of ketones is 2. The van der Waals surface area contributed by atoms with Crippen LogP contribution in [0.15, 0.2) is 88.1 Å².